The minimum absolute atomic E-state index is 0. The van der Waals surface area contributed by atoms with Gasteiger partial charge in [0.25, 0.3) is 5.91 Å². The molecule has 0 aromatic heterocycles. The first-order valence-corrected chi connectivity index (χ1v) is 7.31. The predicted molar refractivity (Wildman–Crippen MR) is 87.2 cm³/mol. The number of benzene rings is 1. The van der Waals surface area contributed by atoms with Gasteiger partial charge < -0.3 is 15.8 Å². The molecule has 2 unspecified atom stereocenters. The SMILES string of the molecule is Cc1cc(Cl)ccc1OC(C)C(=O)NCC(N)C1CC1.Cl. The van der Waals surface area contributed by atoms with E-state index in [1.807, 2.05) is 13.0 Å². The summed E-state index contributed by atoms with van der Waals surface area (Å²) in [5.41, 5.74) is 6.86. The van der Waals surface area contributed by atoms with Crippen molar-refractivity contribution in [2.45, 2.75) is 38.8 Å². The summed E-state index contributed by atoms with van der Waals surface area (Å²) in [5, 5.41) is 3.49. The van der Waals surface area contributed by atoms with E-state index in [0.717, 1.165) is 5.56 Å². The molecule has 0 bridgehead atoms. The van der Waals surface area contributed by atoms with Crippen molar-refractivity contribution in [1.82, 2.24) is 5.32 Å². The van der Waals surface area contributed by atoms with Crippen LogP contribution < -0.4 is 15.8 Å². The van der Waals surface area contributed by atoms with Crippen molar-refractivity contribution in [2.75, 3.05) is 6.54 Å². The first kappa shape index (κ1) is 18.1. The summed E-state index contributed by atoms with van der Waals surface area (Å²) in [6.07, 6.45) is 1.79. The quantitative estimate of drug-likeness (QED) is 0.841. The number of carbonyl (C=O) groups is 1. The Bertz CT molecular complexity index is 493. The van der Waals surface area contributed by atoms with Gasteiger partial charge >= 0.3 is 0 Å². The van der Waals surface area contributed by atoms with Crippen LogP contribution in [0.5, 0.6) is 5.75 Å². The predicted octanol–water partition coefficient (Wildman–Crippen LogP) is 2.69. The number of amides is 1. The van der Waals surface area contributed by atoms with Gasteiger partial charge in [-0.05, 0) is 56.4 Å². The molecule has 4 nitrogen and oxygen atoms in total. The summed E-state index contributed by atoms with van der Waals surface area (Å²) in [6, 6.07) is 5.39. The van der Waals surface area contributed by atoms with Gasteiger partial charge in [-0.3, -0.25) is 4.79 Å². The second-order valence-corrected chi connectivity index (χ2v) is 5.85. The monoisotopic (exact) mass is 332 g/mol. The number of rotatable bonds is 6. The molecule has 1 aromatic carbocycles. The van der Waals surface area contributed by atoms with E-state index in [1.165, 1.54) is 12.8 Å². The van der Waals surface area contributed by atoms with Crippen LogP contribution in [0, 0.1) is 12.8 Å². The van der Waals surface area contributed by atoms with Crippen LogP contribution in [0.25, 0.3) is 0 Å². The maximum absolute atomic E-state index is 12.0. The van der Waals surface area contributed by atoms with Gasteiger partial charge in [0.15, 0.2) is 6.10 Å². The van der Waals surface area contributed by atoms with E-state index in [1.54, 1.807) is 19.1 Å². The molecule has 6 heteroatoms. The summed E-state index contributed by atoms with van der Waals surface area (Å²) in [7, 11) is 0. The van der Waals surface area contributed by atoms with Gasteiger partial charge in [-0.2, -0.15) is 0 Å². The van der Waals surface area contributed by atoms with Gasteiger partial charge in [0.1, 0.15) is 5.75 Å². The number of hydrogen-bond acceptors (Lipinski definition) is 3. The Balaban J connectivity index is 0.00000220. The highest BCUT2D eigenvalue weighted by Gasteiger charge is 2.29. The summed E-state index contributed by atoms with van der Waals surface area (Å²) < 4.78 is 5.66. The van der Waals surface area contributed by atoms with Gasteiger partial charge in [-0.1, -0.05) is 11.6 Å². The molecule has 1 aliphatic carbocycles. The van der Waals surface area contributed by atoms with Crippen LogP contribution in [-0.2, 0) is 4.79 Å². The van der Waals surface area contributed by atoms with Crippen LogP contribution in [0.2, 0.25) is 5.02 Å². The van der Waals surface area contributed by atoms with E-state index < -0.39 is 6.10 Å². The van der Waals surface area contributed by atoms with Gasteiger partial charge in [0, 0.05) is 17.6 Å². The number of hydrogen-bond donors (Lipinski definition) is 2. The lowest BCUT2D eigenvalue weighted by Crippen LogP contribution is -2.43. The van der Waals surface area contributed by atoms with Crippen molar-refractivity contribution >= 4 is 29.9 Å². The summed E-state index contributed by atoms with van der Waals surface area (Å²) in [5.74, 6) is 1.10. The van der Waals surface area contributed by atoms with Crippen molar-refractivity contribution in [3.63, 3.8) is 0 Å². The number of ether oxygens (including phenoxy) is 1. The van der Waals surface area contributed by atoms with Crippen molar-refractivity contribution in [2.24, 2.45) is 11.7 Å². The Morgan fingerprint density at radius 3 is 2.76 bits per heavy atom. The topological polar surface area (TPSA) is 64.3 Å². The van der Waals surface area contributed by atoms with Crippen molar-refractivity contribution in [1.29, 1.82) is 0 Å². The van der Waals surface area contributed by atoms with E-state index in [9.17, 15) is 4.79 Å². The van der Waals surface area contributed by atoms with Gasteiger partial charge in [-0.15, -0.1) is 12.4 Å². The minimum Gasteiger partial charge on any atom is -0.481 e. The average Bonchev–Trinajstić information content (AvgIpc) is 3.23. The van der Waals surface area contributed by atoms with E-state index in [-0.39, 0.29) is 24.4 Å². The Labute approximate surface area is 136 Å². The standard InChI is InChI=1S/C15H21ClN2O2.ClH/c1-9-7-12(16)5-6-14(9)20-10(2)15(19)18-8-13(17)11-3-4-11;/h5-7,10-11,13H,3-4,8,17H2,1-2H3,(H,18,19);1H. The molecule has 1 fully saturated rings. The van der Waals surface area contributed by atoms with E-state index in [0.29, 0.717) is 23.2 Å². The average molecular weight is 333 g/mol. The second-order valence-electron chi connectivity index (χ2n) is 5.42. The molecule has 3 N–H and O–H groups in total. The number of nitrogens with one attached hydrogen (secondary N) is 1. The molecule has 118 valence electrons. The molecule has 2 atom stereocenters. The summed E-state index contributed by atoms with van der Waals surface area (Å²) in [4.78, 5) is 12.0. The Morgan fingerprint density at radius 1 is 1.52 bits per heavy atom. The number of carbonyl (C=O) groups excluding carboxylic acids is 1. The number of nitrogens with two attached hydrogens (primary N) is 1. The molecule has 21 heavy (non-hydrogen) atoms. The van der Waals surface area contributed by atoms with Crippen LogP contribution in [-0.4, -0.2) is 24.6 Å². The zero-order valence-corrected chi connectivity index (χ0v) is 13.8. The highest BCUT2D eigenvalue weighted by molar-refractivity contribution is 6.30. The molecule has 2 rings (SSSR count). The molecular weight excluding hydrogens is 311 g/mol. The Kier molecular flexibility index (Phi) is 6.78. The lowest BCUT2D eigenvalue weighted by Gasteiger charge is -2.18. The van der Waals surface area contributed by atoms with Crippen LogP contribution in [0.3, 0.4) is 0 Å². The third-order valence-electron chi connectivity index (χ3n) is 3.55. The summed E-state index contributed by atoms with van der Waals surface area (Å²) >= 11 is 5.89. The highest BCUT2D eigenvalue weighted by Crippen LogP contribution is 2.31. The molecule has 1 aliphatic rings. The number of halogens is 2. The highest BCUT2D eigenvalue weighted by atomic mass is 35.5. The van der Waals surface area contributed by atoms with E-state index in [4.69, 9.17) is 22.1 Å². The normalized spacial score (nSPS) is 16.6. The molecule has 0 saturated heterocycles. The summed E-state index contributed by atoms with van der Waals surface area (Å²) in [6.45, 7) is 4.14. The molecule has 1 saturated carbocycles. The van der Waals surface area contributed by atoms with Crippen molar-refractivity contribution in [3.05, 3.63) is 28.8 Å². The fourth-order valence-corrected chi connectivity index (χ4v) is 2.27. The van der Waals surface area contributed by atoms with Crippen LogP contribution in [0.4, 0.5) is 0 Å². The molecule has 0 spiro atoms. The zero-order valence-electron chi connectivity index (χ0n) is 12.3. The Morgan fingerprint density at radius 2 is 2.19 bits per heavy atom. The maximum atomic E-state index is 12.0. The van der Waals surface area contributed by atoms with Crippen molar-refractivity contribution in [3.8, 4) is 5.75 Å². The molecule has 1 aromatic rings. The maximum Gasteiger partial charge on any atom is 0.260 e. The molecule has 0 heterocycles. The first-order chi connectivity index (χ1) is 9.47. The fraction of sp³-hybridized carbons (Fsp3) is 0.533. The third kappa shape index (κ3) is 5.38. The second kappa shape index (κ2) is 7.87. The van der Waals surface area contributed by atoms with Gasteiger partial charge in [0.2, 0.25) is 0 Å². The molecule has 0 aliphatic heterocycles. The fourth-order valence-electron chi connectivity index (χ4n) is 2.04. The lowest BCUT2D eigenvalue weighted by atomic mass is 10.2. The zero-order chi connectivity index (χ0) is 14.7. The largest absolute Gasteiger partial charge is 0.481 e. The van der Waals surface area contributed by atoms with Gasteiger partial charge in [-0.25, -0.2) is 0 Å². The van der Waals surface area contributed by atoms with Gasteiger partial charge in [0.05, 0.1) is 0 Å². The lowest BCUT2D eigenvalue weighted by molar-refractivity contribution is -0.127. The van der Waals surface area contributed by atoms with E-state index in [2.05, 4.69) is 5.32 Å². The molecule has 0 radical (unpaired) electrons. The van der Waals surface area contributed by atoms with Crippen molar-refractivity contribution < 1.29 is 9.53 Å². The third-order valence-corrected chi connectivity index (χ3v) is 3.78. The van der Waals surface area contributed by atoms with Crippen LogP contribution in [0.15, 0.2) is 18.2 Å². The smallest absolute Gasteiger partial charge is 0.260 e. The first-order valence-electron chi connectivity index (χ1n) is 6.93. The van der Waals surface area contributed by atoms with Crippen LogP contribution in [0.1, 0.15) is 25.3 Å². The Hall–Kier alpha value is -0.970. The number of aryl methyl sites for hydroxylation is 1. The minimum atomic E-state index is -0.554. The molecule has 1 amide bonds. The van der Waals surface area contributed by atoms with E-state index >= 15 is 0 Å². The van der Waals surface area contributed by atoms with Crippen LogP contribution >= 0.6 is 24.0 Å². The molecular formula is C15H22Cl2N2O2.